The van der Waals surface area contributed by atoms with E-state index in [1.54, 1.807) is 20.8 Å². The molecule has 5 nitrogen and oxygen atoms in total. The van der Waals surface area contributed by atoms with Gasteiger partial charge in [0.1, 0.15) is 11.6 Å². The van der Waals surface area contributed by atoms with Gasteiger partial charge in [-0.15, -0.1) is 0 Å². The second-order valence-electron chi connectivity index (χ2n) is 7.22. The van der Waals surface area contributed by atoms with E-state index in [1.807, 2.05) is 24.3 Å². The van der Waals surface area contributed by atoms with Crippen molar-refractivity contribution in [1.29, 1.82) is 0 Å². The molecule has 2 amide bonds. The topological polar surface area (TPSA) is 67.4 Å². The monoisotopic (exact) mass is 444 g/mol. The molecule has 6 heteroatoms. The number of carbonyl (C=O) groups is 2. The Morgan fingerprint density at radius 1 is 1.25 bits per heavy atom. The smallest absolute Gasteiger partial charge is 0.408 e. The molecule has 2 rings (SSSR count). The zero-order chi connectivity index (χ0) is 17.7. The summed E-state index contributed by atoms with van der Waals surface area (Å²) in [7, 11) is 0. The molecular formula is C18H25IN2O3. The van der Waals surface area contributed by atoms with E-state index >= 15 is 0 Å². The van der Waals surface area contributed by atoms with E-state index in [2.05, 4.69) is 33.2 Å². The standard InChI is InChI=1S/C18H25IN2O3/c1-18(2,3)24-17(23)21-15(11-6-12-4-5-12)16(22)20-14-9-7-13(19)8-10-14/h7-10,12,15H,4-6,11H2,1-3H3,(H,20,22)(H,21,23)/t15-/m0/s1. The molecule has 1 aliphatic rings. The van der Waals surface area contributed by atoms with Crippen LogP contribution in [0.25, 0.3) is 0 Å². The molecule has 0 heterocycles. The van der Waals surface area contributed by atoms with Gasteiger partial charge in [-0.3, -0.25) is 4.79 Å². The molecule has 1 atom stereocenters. The van der Waals surface area contributed by atoms with Crippen LogP contribution < -0.4 is 10.6 Å². The van der Waals surface area contributed by atoms with E-state index in [4.69, 9.17) is 4.74 Å². The molecule has 2 N–H and O–H groups in total. The highest BCUT2D eigenvalue weighted by Crippen LogP contribution is 2.34. The van der Waals surface area contributed by atoms with Gasteiger partial charge in [0.2, 0.25) is 5.91 Å². The fraction of sp³-hybridized carbons (Fsp3) is 0.556. The first-order chi connectivity index (χ1) is 11.2. The molecule has 24 heavy (non-hydrogen) atoms. The Labute approximate surface area is 157 Å². The maximum atomic E-state index is 12.5. The Hall–Kier alpha value is -1.31. The Kier molecular flexibility index (Phi) is 6.48. The van der Waals surface area contributed by atoms with E-state index in [0.29, 0.717) is 12.3 Å². The van der Waals surface area contributed by atoms with Gasteiger partial charge in [-0.05, 0) is 86.4 Å². The number of ether oxygens (including phenoxy) is 1. The van der Waals surface area contributed by atoms with Crippen LogP contribution >= 0.6 is 22.6 Å². The van der Waals surface area contributed by atoms with Crippen LogP contribution in [0.4, 0.5) is 10.5 Å². The summed E-state index contributed by atoms with van der Waals surface area (Å²) in [4.78, 5) is 24.6. The summed E-state index contributed by atoms with van der Waals surface area (Å²) in [6.45, 7) is 5.41. The highest BCUT2D eigenvalue weighted by atomic mass is 127. The summed E-state index contributed by atoms with van der Waals surface area (Å²) in [5.41, 5.74) is 0.139. The number of hydrogen-bond donors (Lipinski definition) is 2. The lowest BCUT2D eigenvalue weighted by molar-refractivity contribution is -0.118. The van der Waals surface area contributed by atoms with Gasteiger partial charge in [-0.25, -0.2) is 4.79 Å². The van der Waals surface area contributed by atoms with Crippen LogP contribution in [-0.4, -0.2) is 23.6 Å². The van der Waals surface area contributed by atoms with E-state index in [0.717, 1.165) is 15.7 Å². The first-order valence-electron chi connectivity index (χ1n) is 8.29. The summed E-state index contributed by atoms with van der Waals surface area (Å²) in [6.07, 6.45) is 3.46. The molecule has 1 aliphatic carbocycles. The number of benzene rings is 1. The first kappa shape index (κ1) is 19.0. The maximum Gasteiger partial charge on any atom is 0.408 e. The van der Waals surface area contributed by atoms with Gasteiger partial charge < -0.3 is 15.4 Å². The van der Waals surface area contributed by atoms with Crippen LogP contribution in [0.3, 0.4) is 0 Å². The lowest BCUT2D eigenvalue weighted by Gasteiger charge is -2.23. The Bertz CT molecular complexity index is 577. The second kappa shape index (κ2) is 8.18. The third-order valence-electron chi connectivity index (χ3n) is 3.68. The lowest BCUT2D eigenvalue weighted by Crippen LogP contribution is -2.45. The highest BCUT2D eigenvalue weighted by Gasteiger charge is 2.28. The van der Waals surface area contributed by atoms with E-state index < -0.39 is 17.7 Å². The van der Waals surface area contributed by atoms with Crippen molar-refractivity contribution < 1.29 is 14.3 Å². The van der Waals surface area contributed by atoms with E-state index in [9.17, 15) is 9.59 Å². The van der Waals surface area contributed by atoms with Crippen molar-refractivity contribution in [2.75, 3.05) is 5.32 Å². The molecule has 1 saturated carbocycles. The van der Waals surface area contributed by atoms with Crippen molar-refractivity contribution in [3.8, 4) is 0 Å². The Morgan fingerprint density at radius 3 is 2.42 bits per heavy atom. The van der Waals surface area contributed by atoms with Crippen molar-refractivity contribution in [3.63, 3.8) is 0 Å². The quantitative estimate of drug-likeness (QED) is 0.643. The lowest BCUT2D eigenvalue weighted by atomic mass is 10.1. The summed E-state index contributed by atoms with van der Waals surface area (Å²) < 4.78 is 6.38. The second-order valence-corrected chi connectivity index (χ2v) is 8.46. The molecule has 0 spiro atoms. The van der Waals surface area contributed by atoms with Crippen molar-refractivity contribution in [3.05, 3.63) is 27.8 Å². The fourth-order valence-electron chi connectivity index (χ4n) is 2.29. The largest absolute Gasteiger partial charge is 0.444 e. The van der Waals surface area contributed by atoms with Gasteiger partial charge >= 0.3 is 6.09 Å². The van der Waals surface area contributed by atoms with Crippen molar-refractivity contribution in [2.45, 2.75) is 58.1 Å². The first-order valence-corrected chi connectivity index (χ1v) is 9.37. The van der Waals surface area contributed by atoms with Gasteiger partial charge in [0, 0.05) is 9.26 Å². The molecule has 0 saturated heterocycles. The minimum absolute atomic E-state index is 0.206. The van der Waals surface area contributed by atoms with Crippen molar-refractivity contribution in [1.82, 2.24) is 5.32 Å². The number of hydrogen-bond acceptors (Lipinski definition) is 3. The summed E-state index contributed by atoms with van der Waals surface area (Å²) in [5, 5.41) is 5.58. The van der Waals surface area contributed by atoms with Crippen LogP contribution in [0, 0.1) is 9.49 Å². The molecule has 0 bridgehead atoms. The molecule has 132 valence electrons. The van der Waals surface area contributed by atoms with Gasteiger partial charge in [-0.2, -0.15) is 0 Å². The van der Waals surface area contributed by atoms with Crippen molar-refractivity contribution in [2.24, 2.45) is 5.92 Å². The minimum atomic E-state index is -0.586. The zero-order valence-electron chi connectivity index (χ0n) is 14.4. The number of amides is 2. The summed E-state index contributed by atoms with van der Waals surface area (Å²) >= 11 is 2.21. The Morgan fingerprint density at radius 2 is 1.88 bits per heavy atom. The molecule has 1 aromatic carbocycles. The number of rotatable bonds is 6. The van der Waals surface area contributed by atoms with Gasteiger partial charge in [0.25, 0.3) is 0 Å². The molecule has 0 aromatic heterocycles. The summed E-state index contributed by atoms with van der Waals surface area (Å²) in [6, 6.07) is 6.98. The number of halogens is 1. The number of carbonyl (C=O) groups excluding carboxylic acids is 2. The fourth-order valence-corrected chi connectivity index (χ4v) is 2.65. The SMILES string of the molecule is CC(C)(C)OC(=O)N[C@@H](CCC1CC1)C(=O)Nc1ccc(I)cc1. The van der Waals surface area contributed by atoms with E-state index in [1.165, 1.54) is 12.8 Å². The van der Waals surface area contributed by atoms with Crippen LogP contribution in [0.1, 0.15) is 46.5 Å². The molecule has 0 aliphatic heterocycles. The Balaban J connectivity index is 1.96. The van der Waals surface area contributed by atoms with E-state index in [-0.39, 0.29) is 5.91 Å². The number of anilines is 1. The van der Waals surface area contributed by atoms with Crippen LogP contribution in [0.15, 0.2) is 24.3 Å². The predicted molar refractivity (Wildman–Crippen MR) is 103 cm³/mol. The maximum absolute atomic E-state index is 12.5. The molecule has 0 unspecified atom stereocenters. The molecule has 0 radical (unpaired) electrons. The predicted octanol–water partition coefficient (Wildman–Crippen LogP) is 4.31. The van der Waals surface area contributed by atoms with Gasteiger partial charge in [-0.1, -0.05) is 12.8 Å². The van der Waals surface area contributed by atoms with Crippen LogP contribution in [-0.2, 0) is 9.53 Å². The zero-order valence-corrected chi connectivity index (χ0v) is 16.6. The average Bonchev–Trinajstić information content (AvgIpc) is 3.28. The normalized spacial score (nSPS) is 15.5. The van der Waals surface area contributed by atoms with Crippen molar-refractivity contribution >= 4 is 40.3 Å². The summed E-state index contributed by atoms with van der Waals surface area (Å²) in [5.74, 6) is 0.488. The third-order valence-corrected chi connectivity index (χ3v) is 4.40. The average molecular weight is 444 g/mol. The molecular weight excluding hydrogens is 419 g/mol. The number of alkyl carbamates (subject to hydrolysis) is 1. The number of nitrogens with one attached hydrogen (secondary N) is 2. The van der Waals surface area contributed by atoms with Crippen LogP contribution in [0.5, 0.6) is 0 Å². The highest BCUT2D eigenvalue weighted by molar-refractivity contribution is 14.1. The minimum Gasteiger partial charge on any atom is -0.444 e. The molecule has 1 aromatic rings. The van der Waals surface area contributed by atoms with Gasteiger partial charge in [0.05, 0.1) is 0 Å². The third kappa shape index (κ3) is 7.07. The molecule has 1 fully saturated rings. The van der Waals surface area contributed by atoms with Crippen LogP contribution in [0.2, 0.25) is 0 Å². The van der Waals surface area contributed by atoms with Gasteiger partial charge in [0.15, 0.2) is 0 Å².